The monoisotopic (exact) mass is 401 g/mol. The quantitative estimate of drug-likeness (QED) is 0.674. The van der Waals surface area contributed by atoms with Crippen LogP contribution >= 0.6 is 0 Å². The van der Waals surface area contributed by atoms with E-state index in [1.165, 1.54) is 50.8 Å². The fourth-order valence-electron chi connectivity index (χ4n) is 5.46. The van der Waals surface area contributed by atoms with E-state index in [9.17, 15) is 4.79 Å². The average Bonchev–Trinajstić information content (AvgIpc) is 3.16. The van der Waals surface area contributed by atoms with Crippen molar-refractivity contribution in [2.75, 3.05) is 19.6 Å². The molecule has 1 aromatic heterocycles. The van der Waals surface area contributed by atoms with E-state index >= 15 is 0 Å². The van der Waals surface area contributed by atoms with Crippen molar-refractivity contribution >= 4 is 16.8 Å². The third-order valence-electron chi connectivity index (χ3n) is 6.98. The van der Waals surface area contributed by atoms with Crippen molar-refractivity contribution in [2.45, 2.75) is 44.7 Å². The number of hydrogen-bond donors (Lipinski definition) is 1. The van der Waals surface area contributed by atoms with Crippen LogP contribution < -0.4 is 5.32 Å². The number of carbonyl (C=O) groups is 1. The Balaban J connectivity index is 1.36. The molecule has 0 saturated carbocycles. The summed E-state index contributed by atoms with van der Waals surface area (Å²) in [5.74, 6) is 0.630. The number of benzene rings is 2. The Morgan fingerprint density at radius 2 is 1.73 bits per heavy atom. The molecular weight excluding hydrogens is 370 g/mol. The zero-order valence-corrected chi connectivity index (χ0v) is 17.6. The average molecular weight is 402 g/mol. The smallest absolute Gasteiger partial charge is 0.267 e. The van der Waals surface area contributed by atoms with Crippen molar-refractivity contribution in [3.8, 4) is 0 Å². The Labute approximate surface area is 178 Å². The Bertz CT molecular complexity index is 1010. The molecule has 156 valence electrons. The topological polar surface area (TPSA) is 37.3 Å². The minimum absolute atomic E-state index is 0.0510. The molecule has 3 heterocycles. The molecule has 3 aromatic rings. The molecule has 0 radical (unpaired) electrons. The molecule has 2 aromatic carbocycles. The Kier molecular flexibility index (Phi) is 5.58. The van der Waals surface area contributed by atoms with Crippen LogP contribution in [0.25, 0.3) is 10.9 Å². The van der Waals surface area contributed by atoms with E-state index in [0.717, 1.165) is 23.1 Å². The second-order valence-electron chi connectivity index (χ2n) is 8.87. The molecule has 2 saturated heterocycles. The minimum Gasteiger partial charge on any atom is -0.350 e. The van der Waals surface area contributed by atoms with Crippen LogP contribution in [0.3, 0.4) is 0 Å². The van der Waals surface area contributed by atoms with E-state index in [2.05, 4.69) is 51.2 Å². The first-order valence-corrected chi connectivity index (χ1v) is 11.4. The summed E-state index contributed by atoms with van der Waals surface area (Å²) < 4.78 is 2.16. The predicted octanol–water partition coefficient (Wildman–Crippen LogP) is 4.68. The standard InChI is InChI=1S/C26H31N3O/c30-26(27-18-22-12-8-16-28-15-7-6-13-23(22)28)25-17-21-11-4-5-14-24(21)29(25)19-20-9-2-1-3-10-20/h1-5,9-11,14,17,22-23H,6-8,12-13,15-16,18-19H2,(H,27,30)/t22-,23+/m0/s1. The van der Waals surface area contributed by atoms with Gasteiger partial charge in [0.25, 0.3) is 5.91 Å². The lowest BCUT2D eigenvalue weighted by molar-refractivity contribution is 0.0574. The molecule has 2 aliphatic rings. The number of fused-ring (bicyclic) bond motifs is 2. The maximum atomic E-state index is 13.3. The second-order valence-corrected chi connectivity index (χ2v) is 8.87. The van der Waals surface area contributed by atoms with Crippen LogP contribution in [0.15, 0.2) is 60.7 Å². The summed E-state index contributed by atoms with van der Waals surface area (Å²) in [6.45, 7) is 3.96. The number of carbonyl (C=O) groups excluding carboxylic acids is 1. The summed E-state index contributed by atoms with van der Waals surface area (Å²) in [6.07, 6.45) is 6.43. The summed E-state index contributed by atoms with van der Waals surface area (Å²) in [5, 5.41) is 4.42. The van der Waals surface area contributed by atoms with Crippen molar-refractivity contribution in [3.63, 3.8) is 0 Å². The lowest BCUT2D eigenvalue weighted by Gasteiger charge is -2.44. The van der Waals surface area contributed by atoms with Crippen LogP contribution in [0.1, 0.15) is 48.2 Å². The number of rotatable bonds is 5. The van der Waals surface area contributed by atoms with Crippen LogP contribution in [-0.4, -0.2) is 41.1 Å². The molecule has 2 aliphatic heterocycles. The van der Waals surface area contributed by atoms with Crippen molar-refractivity contribution in [2.24, 2.45) is 5.92 Å². The van der Waals surface area contributed by atoms with Crippen LogP contribution in [0, 0.1) is 5.92 Å². The minimum atomic E-state index is 0.0510. The van der Waals surface area contributed by atoms with Gasteiger partial charge in [0, 0.05) is 30.0 Å². The van der Waals surface area contributed by atoms with Gasteiger partial charge in [0.15, 0.2) is 0 Å². The van der Waals surface area contributed by atoms with Gasteiger partial charge in [0.2, 0.25) is 0 Å². The fourth-order valence-corrected chi connectivity index (χ4v) is 5.46. The van der Waals surface area contributed by atoms with Crippen molar-refractivity contribution in [1.29, 1.82) is 0 Å². The molecule has 4 nitrogen and oxygen atoms in total. The van der Waals surface area contributed by atoms with E-state index in [-0.39, 0.29) is 5.91 Å². The first-order chi connectivity index (χ1) is 14.8. The Hall–Kier alpha value is -2.59. The van der Waals surface area contributed by atoms with E-state index in [1.807, 2.05) is 24.3 Å². The van der Waals surface area contributed by atoms with Gasteiger partial charge in [0.05, 0.1) is 0 Å². The SMILES string of the molecule is O=C(NC[C@@H]1CCCN2CCCC[C@H]12)c1cc2ccccc2n1Cc1ccccc1. The highest BCUT2D eigenvalue weighted by Gasteiger charge is 2.33. The summed E-state index contributed by atoms with van der Waals surface area (Å²) >= 11 is 0. The molecule has 30 heavy (non-hydrogen) atoms. The molecule has 2 fully saturated rings. The van der Waals surface area contributed by atoms with E-state index in [4.69, 9.17) is 0 Å². The molecule has 0 spiro atoms. The lowest BCUT2D eigenvalue weighted by atomic mass is 9.83. The van der Waals surface area contributed by atoms with Gasteiger partial charge in [-0.3, -0.25) is 4.79 Å². The third kappa shape index (κ3) is 3.89. The number of para-hydroxylation sites is 1. The number of amides is 1. The summed E-state index contributed by atoms with van der Waals surface area (Å²) in [6, 6.07) is 21.4. The molecule has 1 N–H and O–H groups in total. The normalized spacial score (nSPS) is 22.0. The predicted molar refractivity (Wildman–Crippen MR) is 122 cm³/mol. The lowest BCUT2D eigenvalue weighted by Crippen LogP contribution is -2.51. The first kappa shape index (κ1) is 19.4. The maximum absolute atomic E-state index is 13.3. The highest BCUT2D eigenvalue weighted by Crippen LogP contribution is 2.30. The summed E-state index contributed by atoms with van der Waals surface area (Å²) in [4.78, 5) is 15.9. The summed E-state index contributed by atoms with van der Waals surface area (Å²) in [5.41, 5.74) is 3.08. The number of hydrogen-bond acceptors (Lipinski definition) is 2. The number of piperidine rings is 2. The summed E-state index contributed by atoms with van der Waals surface area (Å²) in [7, 11) is 0. The Morgan fingerprint density at radius 3 is 2.63 bits per heavy atom. The number of aromatic nitrogens is 1. The van der Waals surface area contributed by atoms with Crippen LogP contribution in [0.4, 0.5) is 0 Å². The second kappa shape index (κ2) is 8.65. The Morgan fingerprint density at radius 1 is 0.933 bits per heavy atom. The largest absolute Gasteiger partial charge is 0.350 e. The van der Waals surface area contributed by atoms with Gasteiger partial charge in [0.1, 0.15) is 5.69 Å². The molecule has 2 atom stereocenters. The molecular formula is C26H31N3O. The number of nitrogens with one attached hydrogen (secondary N) is 1. The third-order valence-corrected chi connectivity index (χ3v) is 6.98. The van der Waals surface area contributed by atoms with Crippen molar-refractivity contribution in [1.82, 2.24) is 14.8 Å². The molecule has 5 rings (SSSR count). The zero-order valence-electron chi connectivity index (χ0n) is 17.6. The highest BCUT2D eigenvalue weighted by atomic mass is 16.1. The highest BCUT2D eigenvalue weighted by molar-refractivity contribution is 5.98. The van der Waals surface area contributed by atoms with E-state index in [1.54, 1.807) is 0 Å². The maximum Gasteiger partial charge on any atom is 0.267 e. The van der Waals surface area contributed by atoms with Gasteiger partial charge in [-0.15, -0.1) is 0 Å². The van der Waals surface area contributed by atoms with Gasteiger partial charge in [-0.25, -0.2) is 0 Å². The fraction of sp³-hybridized carbons (Fsp3) is 0.423. The van der Waals surface area contributed by atoms with Crippen molar-refractivity contribution in [3.05, 3.63) is 71.9 Å². The van der Waals surface area contributed by atoms with Gasteiger partial charge < -0.3 is 14.8 Å². The molecule has 0 unspecified atom stereocenters. The van der Waals surface area contributed by atoms with Crippen molar-refractivity contribution < 1.29 is 4.79 Å². The van der Waals surface area contributed by atoms with Gasteiger partial charge >= 0.3 is 0 Å². The molecule has 0 bridgehead atoms. The van der Waals surface area contributed by atoms with Crippen LogP contribution in [-0.2, 0) is 6.54 Å². The van der Waals surface area contributed by atoms with Crippen LogP contribution in [0.5, 0.6) is 0 Å². The van der Waals surface area contributed by atoms with E-state index < -0.39 is 0 Å². The molecule has 4 heteroatoms. The van der Waals surface area contributed by atoms with Crippen LogP contribution in [0.2, 0.25) is 0 Å². The first-order valence-electron chi connectivity index (χ1n) is 11.4. The van der Waals surface area contributed by atoms with Gasteiger partial charge in [-0.2, -0.15) is 0 Å². The van der Waals surface area contributed by atoms with E-state index in [0.29, 0.717) is 18.5 Å². The molecule has 0 aliphatic carbocycles. The molecule has 1 amide bonds. The van der Waals surface area contributed by atoms with Gasteiger partial charge in [-0.05, 0) is 62.4 Å². The van der Waals surface area contributed by atoms with Gasteiger partial charge in [-0.1, -0.05) is 55.0 Å². The zero-order chi connectivity index (χ0) is 20.3. The number of nitrogens with zero attached hydrogens (tertiary/aromatic N) is 2.